The predicted molar refractivity (Wildman–Crippen MR) is 98.9 cm³/mol. The number of guanidine groups is 1. The van der Waals surface area contributed by atoms with Crippen molar-refractivity contribution < 1.29 is 0 Å². The number of hydrogen-bond acceptors (Lipinski definition) is 3. The molecule has 0 radical (unpaired) electrons. The molecule has 5 heteroatoms. The van der Waals surface area contributed by atoms with E-state index in [0.717, 1.165) is 32.0 Å². The van der Waals surface area contributed by atoms with Crippen molar-refractivity contribution in [1.29, 1.82) is 0 Å². The van der Waals surface area contributed by atoms with Gasteiger partial charge < -0.3 is 15.5 Å². The van der Waals surface area contributed by atoms with E-state index in [1.807, 2.05) is 18.4 Å². The Morgan fingerprint density at radius 1 is 1.36 bits per heavy atom. The van der Waals surface area contributed by atoms with E-state index in [0.29, 0.717) is 12.0 Å². The molecule has 0 saturated carbocycles. The first-order chi connectivity index (χ1) is 10.6. The summed E-state index contributed by atoms with van der Waals surface area (Å²) >= 11 is 1.83. The highest BCUT2D eigenvalue weighted by molar-refractivity contribution is 7.09. The third kappa shape index (κ3) is 7.27. The molecule has 0 bridgehead atoms. The standard InChI is InChI=1S/C17H32N4S/c1-6-15(3)21(5)10-9-19-17(18-4)20-13-14(2)12-16-8-7-11-22-16/h7-8,11,14-15H,6,9-10,12-13H2,1-5H3,(H2,18,19,20). The van der Waals surface area contributed by atoms with Crippen molar-refractivity contribution in [3.8, 4) is 0 Å². The fourth-order valence-corrected chi connectivity index (χ4v) is 3.09. The number of likely N-dealkylation sites (N-methyl/N-ethyl adjacent to an activating group) is 1. The van der Waals surface area contributed by atoms with Gasteiger partial charge in [0, 0.05) is 37.6 Å². The van der Waals surface area contributed by atoms with Crippen molar-refractivity contribution in [2.75, 3.05) is 33.7 Å². The van der Waals surface area contributed by atoms with Crippen molar-refractivity contribution in [3.05, 3.63) is 22.4 Å². The van der Waals surface area contributed by atoms with Crippen molar-refractivity contribution in [2.24, 2.45) is 10.9 Å². The maximum Gasteiger partial charge on any atom is 0.191 e. The zero-order valence-electron chi connectivity index (χ0n) is 14.7. The minimum atomic E-state index is 0.597. The molecule has 0 fully saturated rings. The highest BCUT2D eigenvalue weighted by Gasteiger charge is 2.08. The van der Waals surface area contributed by atoms with Gasteiger partial charge in [0.25, 0.3) is 0 Å². The van der Waals surface area contributed by atoms with E-state index in [2.05, 4.69) is 65.9 Å². The second-order valence-electron chi connectivity index (χ2n) is 6.01. The smallest absolute Gasteiger partial charge is 0.191 e. The van der Waals surface area contributed by atoms with Gasteiger partial charge in [0.2, 0.25) is 0 Å². The van der Waals surface area contributed by atoms with Gasteiger partial charge in [-0.3, -0.25) is 4.99 Å². The Hall–Kier alpha value is -1.07. The minimum Gasteiger partial charge on any atom is -0.356 e. The highest BCUT2D eigenvalue weighted by Crippen LogP contribution is 2.13. The van der Waals surface area contributed by atoms with Crippen LogP contribution in [0.2, 0.25) is 0 Å². The van der Waals surface area contributed by atoms with Gasteiger partial charge in [-0.2, -0.15) is 0 Å². The summed E-state index contributed by atoms with van der Waals surface area (Å²) in [6, 6.07) is 4.95. The Kier molecular flexibility index (Phi) is 9.16. The van der Waals surface area contributed by atoms with Gasteiger partial charge >= 0.3 is 0 Å². The highest BCUT2D eigenvalue weighted by atomic mass is 32.1. The monoisotopic (exact) mass is 324 g/mol. The van der Waals surface area contributed by atoms with E-state index in [4.69, 9.17) is 0 Å². The third-order valence-corrected chi connectivity index (χ3v) is 4.97. The summed E-state index contributed by atoms with van der Waals surface area (Å²) in [6.07, 6.45) is 2.31. The first-order valence-corrected chi connectivity index (χ1v) is 9.11. The SMILES string of the molecule is CCC(C)N(C)CCNC(=NC)NCC(C)Cc1cccs1. The average molecular weight is 325 g/mol. The molecule has 0 saturated heterocycles. The van der Waals surface area contributed by atoms with E-state index < -0.39 is 0 Å². The quantitative estimate of drug-likeness (QED) is 0.542. The Labute approximate surface area is 140 Å². The molecule has 2 unspecified atom stereocenters. The van der Waals surface area contributed by atoms with Crippen LogP contribution in [0.25, 0.3) is 0 Å². The van der Waals surface area contributed by atoms with Crippen LogP contribution in [0.5, 0.6) is 0 Å². The van der Waals surface area contributed by atoms with Crippen molar-refractivity contribution >= 4 is 17.3 Å². The molecule has 1 rings (SSSR count). The van der Waals surface area contributed by atoms with Crippen LogP contribution in [-0.4, -0.2) is 50.6 Å². The number of nitrogens with one attached hydrogen (secondary N) is 2. The van der Waals surface area contributed by atoms with E-state index in [1.54, 1.807) is 0 Å². The lowest BCUT2D eigenvalue weighted by Crippen LogP contribution is -2.43. The summed E-state index contributed by atoms with van der Waals surface area (Å²) in [5.41, 5.74) is 0. The number of rotatable bonds is 9. The Morgan fingerprint density at radius 2 is 2.14 bits per heavy atom. The normalized spacial score (nSPS) is 14.9. The maximum atomic E-state index is 4.30. The summed E-state index contributed by atoms with van der Waals surface area (Å²) < 4.78 is 0. The van der Waals surface area contributed by atoms with Crippen LogP contribution < -0.4 is 10.6 Å². The molecule has 126 valence electrons. The van der Waals surface area contributed by atoms with Crippen LogP contribution in [0.3, 0.4) is 0 Å². The van der Waals surface area contributed by atoms with Gasteiger partial charge in [0.15, 0.2) is 5.96 Å². The molecule has 2 atom stereocenters. The lowest BCUT2D eigenvalue weighted by molar-refractivity contribution is 0.255. The Bertz CT molecular complexity index is 416. The molecule has 1 aromatic rings. The topological polar surface area (TPSA) is 39.7 Å². The second kappa shape index (κ2) is 10.6. The van der Waals surface area contributed by atoms with Gasteiger partial charge in [-0.1, -0.05) is 19.9 Å². The molecule has 0 aliphatic carbocycles. The summed E-state index contributed by atoms with van der Waals surface area (Å²) in [4.78, 5) is 8.12. The van der Waals surface area contributed by atoms with Crippen LogP contribution in [0.1, 0.15) is 32.1 Å². The van der Waals surface area contributed by atoms with Crippen LogP contribution in [0.4, 0.5) is 0 Å². The summed E-state index contributed by atoms with van der Waals surface area (Å²) in [5.74, 6) is 1.50. The molecule has 0 amide bonds. The molecule has 0 aliphatic heterocycles. The number of nitrogens with zero attached hydrogens (tertiary/aromatic N) is 2. The first-order valence-electron chi connectivity index (χ1n) is 8.23. The summed E-state index contributed by atoms with van der Waals surface area (Å²) in [7, 11) is 4.01. The van der Waals surface area contributed by atoms with Crippen molar-refractivity contribution in [2.45, 2.75) is 39.7 Å². The largest absolute Gasteiger partial charge is 0.356 e. The lowest BCUT2D eigenvalue weighted by atomic mass is 10.1. The average Bonchev–Trinajstić information content (AvgIpc) is 3.02. The first kappa shape index (κ1) is 19.0. The van der Waals surface area contributed by atoms with Gasteiger partial charge in [-0.25, -0.2) is 0 Å². The molecule has 0 aromatic carbocycles. The van der Waals surface area contributed by atoms with Crippen LogP contribution in [-0.2, 0) is 6.42 Å². The number of hydrogen-bond donors (Lipinski definition) is 2. The molecule has 4 nitrogen and oxygen atoms in total. The third-order valence-electron chi connectivity index (χ3n) is 4.07. The second-order valence-corrected chi connectivity index (χ2v) is 7.04. The maximum absolute atomic E-state index is 4.30. The fraction of sp³-hybridized carbons (Fsp3) is 0.706. The molecule has 2 N–H and O–H groups in total. The van der Waals surface area contributed by atoms with Crippen molar-refractivity contribution in [3.63, 3.8) is 0 Å². The summed E-state index contributed by atoms with van der Waals surface area (Å²) in [5, 5.41) is 8.96. The lowest BCUT2D eigenvalue weighted by Gasteiger charge is -2.24. The molecular formula is C17H32N4S. The molecular weight excluding hydrogens is 292 g/mol. The Balaban J connectivity index is 2.22. The summed E-state index contributed by atoms with van der Waals surface area (Å²) in [6.45, 7) is 9.65. The van der Waals surface area contributed by atoms with Gasteiger partial charge in [0.05, 0.1) is 0 Å². The molecule has 0 spiro atoms. The fourth-order valence-electron chi connectivity index (χ4n) is 2.22. The van der Waals surface area contributed by atoms with E-state index >= 15 is 0 Å². The van der Waals surface area contributed by atoms with Crippen molar-refractivity contribution in [1.82, 2.24) is 15.5 Å². The van der Waals surface area contributed by atoms with E-state index in [-0.39, 0.29) is 0 Å². The van der Waals surface area contributed by atoms with Crippen LogP contribution in [0, 0.1) is 5.92 Å². The van der Waals surface area contributed by atoms with Crippen LogP contribution in [0.15, 0.2) is 22.5 Å². The number of thiophene rings is 1. The zero-order chi connectivity index (χ0) is 16.4. The molecule has 1 heterocycles. The molecule has 0 aliphatic rings. The predicted octanol–water partition coefficient (Wildman–Crippen LogP) is 2.82. The van der Waals surface area contributed by atoms with E-state index in [1.165, 1.54) is 11.3 Å². The van der Waals surface area contributed by atoms with E-state index in [9.17, 15) is 0 Å². The van der Waals surface area contributed by atoms with Gasteiger partial charge in [-0.05, 0) is 44.2 Å². The minimum absolute atomic E-state index is 0.597. The van der Waals surface area contributed by atoms with Gasteiger partial charge in [-0.15, -0.1) is 11.3 Å². The van der Waals surface area contributed by atoms with Gasteiger partial charge in [0.1, 0.15) is 0 Å². The molecule has 22 heavy (non-hydrogen) atoms. The Morgan fingerprint density at radius 3 is 2.73 bits per heavy atom. The van der Waals surface area contributed by atoms with Crippen LogP contribution >= 0.6 is 11.3 Å². The molecule has 1 aromatic heterocycles. The number of aliphatic imine (C=N–C) groups is 1. The zero-order valence-corrected chi connectivity index (χ0v) is 15.5.